The van der Waals surface area contributed by atoms with E-state index >= 15 is 0 Å². The Hall–Kier alpha value is -1.17. The fourth-order valence-corrected chi connectivity index (χ4v) is 7.33. The van der Waals surface area contributed by atoms with Gasteiger partial charge < -0.3 is 20.6 Å². The molecular formula is C48H93NO4. The first kappa shape index (κ1) is 51.8. The Bertz CT molecular complexity index is 784. The summed E-state index contributed by atoms with van der Waals surface area (Å²) in [5.74, 6) is -0.154. The number of allylic oxidation sites excluding steroid dienone is 4. The maximum Gasteiger partial charge on any atom is 0.220 e. The second-order valence-corrected chi connectivity index (χ2v) is 16.3. The number of rotatable bonds is 43. The Balaban J connectivity index is 3.55. The highest BCUT2D eigenvalue weighted by molar-refractivity contribution is 5.76. The zero-order valence-electron chi connectivity index (χ0n) is 35.7. The summed E-state index contributed by atoms with van der Waals surface area (Å²) < 4.78 is 0. The van der Waals surface area contributed by atoms with E-state index in [1.165, 1.54) is 186 Å². The standard InChI is InChI=1S/C48H93NO4/c1-3-5-7-9-11-13-15-17-18-19-20-21-22-23-24-25-26-27-28-29-30-31-33-35-37-39-41-43-47(52)49-45(44-50)48(53)46(51)42-40-38-36-34-32-16-14-12-10-8-6-4-2/h23-24,34,36,45-46,48,50-51,53H,3-22,25-33,35,37-44H2,1-2H3,(H,49,52)/b24-23-,36-34+. The summed E-state index contributed by atoms with van der Waals surface area (Å²) in [4.78, 5) is 12.4. The van der Waals surface area contributed by atoms with E-state index in [-0.39, 0.29) is 12.5 Å². The molecule has 0 fully saturated rings. The van der Waals surface area contributed by atoms with Crippen LogP contribution in [0.1, 0.15) is 251 Å². The Labute approximate surface area is 331 Å². The van der Waals surface area contributed by atoms with E-state index < -0.39 is 18.2 Å². The van der Waals surface area contributed by atoms with Gasteiger partial charge in [-0.1, -0.05) is 205 Å². The third-order valence-corrected chi connectivity index (χ3v) is 11.0. The van der Waals surface area contributed by atoms with Crippen LogP contribution in [0.4, 0.5) is 0 Å². The third-order valence-electron chi connectivity index (χ3n) is 11.0. The summed E-state index contributed by atoms with van der Waals surface area (Å²) >= 11 is 0. The molecular weight excluding hydrogens is 655 g/mol. The van der Waals surface area contributed by atoms with Crippen molar-refractivity contribution in [1.82, 2.24) is 5.32 Å². The molecule has 0 radical (unpaired) electrons. The molecule has 0 aliphatic rings. The van der Waals surface area contributed by atoms with Crippen LogP contribution < -0.4 is 5.32 Å². The summed E-state index contributed by atoms with van der Waals surface area (Å²) in [7, 11) is 0. The summed E-state index contributed by atoms with van der Waals surface area (Å²) in [6.45, 7) is 4.16. The lowest BCUT2D eigenvalue weighted by molar-refractivity contribution is -0.124. The van der Waals surface area contributed by atoms with E-state index in [1.807, 2.05) is 0 Å². The molecule has 53 heavy (non-hydrogen) atoms. The SMILES string of the molecule is CCCCCCCCC/C=C/CCCC(O)C(O)C(CO)NC(=O)CCCCCCCCCCCCC/C=C\CCCCCCCCCCCCCC. The number of carbonyl (C=O) groups excluding carboxylic acids is 1. The minimum absolute atomic E-state index is 0.154. The molecule has 0 aromatic rings. The lowest BCUT2D eigenvalue weighted by atomic mass is 10.0. The number of aliphatic hydroxyl groups excluding tert-OH is 3. The molecule has 3 atom stereocenters. The molecule has 0 saturated carbocycles. The molecule has 0 spiro atoms. The molecule has 1 amide bonds. The highest BCUT2D eigenvalue weighted by atomic mass is 16.3. The fraction of sp³-hybridized carbons (Fsp3) is 0.896. The number of hydrogen-bond acceptors (Lipinski definition) is 4. The van der Waals surface area contributed by atoms with Crippen molar-refractivity contribution in [2.24, 2.45) is 0 Å². The Morgan fingerprint density at radius 3 is 1.09 bits per heavy atom. The summed E-state index contributed by atoms with van der Waals surface area (Å²) in [6, 6.07) is -0.823. The maximum absolute atomic E-state index is 12.4. The molecule has 0 bridgehead atoms. The number of hydrogen-bond donors (Lipinski definition) is 4. The van der Waals surface area contributed by atoms with Gasteiger partial charge in [0.1, 0.15) is 6.10 Å². The van der Waals surface area contributed by atoms with Crippen LogP contribution in [0, 0.1) is 0 Å². The maximum atomic E-state index is 12.4. The van der Waals surface area contributed by atoms with Crippen LogP contribution in [0.25, 0.3) is 0 Å². The molecule has 3 unspecified atom stereocenters. The van der Waals surface area contributed by atoms with Gasteiger partial charge >= 0.3 is 0 Å². The summed E-state index contributed by atoms with van der Waals surface area (Å²) in [6.07, 6.45) is 53.1. The third kappa shape index (κ3) is 38.9. The van der Waals surface area contributed by atoms with Gasteiger partial charge in [0.15, 0.2) is 0 Å². The lowest BCUT2D eigenvalue weighted by Gasteiger charge is -2.26. The van der Waals surface area contributed by atoms with Crippen LogP contribution >= 0.6 is 0 Å². The van der Waals surface area contributed by atoms with Crippen molar-refractivity contribution in [3.63, 3.8) is 0 Å². The van der Waals surface area contributed by atoms with Crippen molar-refractivity contribution in [2.75, 3.05) is 6.61 Å². The van der Waals surface area contributed by atoms with E-state index in [1.54, 1.807) is 0 Å². The Kier molecular flexibility index (Phi) is 42.6. The minimum Gasteiger partial charge on any atom is -0.394 e. The number of nitrogens with one attached hydrogen (secondary N) is 1. The largest absolute Gasteiger partial charge is 0.394 e. The molecule has 5 heteroatoms. The zero-order valence-corrected chi connectivity index (χ0v) is 35.7. The highest BCUT2D eigenvalue weighted by Crippen LogP contribution is 2.16. The number of unbranched alkanes of at least 4 members (excludes halogenated alkanes) is 31. The normalized spacial score (nSPS) is 13.7. The molecule has 0 saturated heterocycles. The molecule has 314 valence electrons. The van der Waals surface area contributed by atoms with Gasteiger partial charge in [0.2, 0.25) is 5.91 Å². The van der Waals surface area contributed by atoms with Gasteiger partial charge in [-0.15, -0.1) is 0 Å². The topological polar surface area (TPSA) is 89.8 Å². The van der Waals surface area contributed by atoms with Gasteiger partial charge in [-0.2, -0.15) is 0 Å². The van der Waals surface area contributed by atoms with E-state index in [0.29, 0.717) is 12.8 Å². The number of carbonyl (C=O) groups is 1. The first-order valence-corrected chi connectivity index (χ1v) is 23.6. The average Bonchev–Trinajstić information content (AvgIpc) is 3.16. The van der Waals surface area contributed by atoms with Crippen LogP contribution in [0.15, 0.2) is 24.3 Å². The van der Waals surface area contributed by atoms with Gasteiger partial charge in [0.05, 0.1) is 18.8 Å². The minimum atomic E-state index is -1.16. The predicted octanol–water partition coefficient (Wildman–Crippen LogP) is 13.8. The van der Waals surface area contributed by atoms with Gasteiger partial charge in [-0.05, 0) is 64.2 Å². The highest BCUT2D eigenvalue weighted by Gasteiger charge is 2.26. The fourth-order valence-electron chi connectivity index (χ4n) is 7.33. The monoisotopic (exact) mass is 748 g/mol. The summed E-state index contributed by atoms with van der Waals surface area (Å²) in [5.41, 5.74) is 0. The first-order valence-electron chi connectivity index (χ1n) is 23.6. The molecule has 0 aliphatic heterocycles. The van der Waals surface area contributed by atoms with Gasteiger partial charge in [0, 0.05) is 6.42 Å². The molecule has 0 aliphatic carbocycles. The van der Waals surface area contributed by atoms with Gasteiger partial charge in [-0.25, -0.2) is 0 Å². The van der Waals surface area contributed by atoms with Crippen molar-refractivity contribution < 1.29 is 20.1 Å². The van der Waals surface area contributed by atoms with Crippen LogP contribution in [0.5, 0.6) is 0 Å². The second-order valence-electron chi connectivity index (χ2n) is 16.3. The molecule has 0 aromatic heterocycles. The quantitative estimate of drug-likeness (QED) is 0.0369. The first-order chi connectivity index (χ1) is 26.1. The van der Waals surface area contributed by atoms with Crippen LogP contribution in [0.2, 0.25) is 0 Å². The lowest BCUT2D eigenvalue weighted by Crippen LogP contribution is -2.50. The van der Waals surface area contributed by atoms with Crippen molar-refractivity contribution in [3.05, 3.63) is 24.3 Å². The van der Waals surface area contributed by atoms with Crippen molar-refractivity contribution in [3.8, 4) is 0 Å². The van der Waals surface area contributed by atoms with Gasteiger partial charge in [0.25, 0.3) is 0 Å². The van der Waals surface area contributed by atoms with Crippen LogP contribution in [-0.4, -0.2) is 46.1 Å². The predicted molar refractivity (Wildman–Crippen MR) is 231 cm³/mol. The second kappa shape index (κ2) is 43.6. The Morgan fingerprint density at radius 1 is 0.453 bits per heavy atom. The number of aliphatic hydroxyl groups is 3. The summed E-state index contributed by atoms with van der Waals surface area (Å²) in [5, 5.41) is 33.5. The van der Waals surface area contributed by atoms with Crippen LogP contribution in [-0.2, 0) is 4.79 Å². The van der Waals surface area contributed by atoms with Crippen LogP contribution in [0.3, 0.4) is 0 Å². The van der Waals surface area contributed by atoms with Crippen molar-refractivity contribution >= 4 is 5.91 Å². The van der Waals surface area contributed by atoms with Gasteiger partial charge in [-0.3, -0.25) is 4.79 Å². The smallest absolute Gasteiger partial charge is 0.220 e. The Morgan fingerprint density at radius 2 is 0.755 bits per heavy atom. The molecule has 0 heterocycles. The average molecular weight is 748 g/mol. The van der Waals surface area contributed by atoms with E-state index in [9.17, 15) is 20.1 Å². The zero-order chi connectivity index (χ0) is 38.7. The molecule has 4 N–H and O–H groups in total. The van der Waals surface area contributed by atoms with E-state index in [0.717, 1.165) is 38.5 Å². The van der Waals surface area contributed by atoms with E-state index in [2.05, 4.69) is 43.5 Å². The molecule has 5 nitrogen and oxygen atoms in total. The van der Waals surface area contributed by atoms with Crippen molar-refractivity contribution in [1.29, 1.82) is 0 Å². The number of amides is 1. The van der Waals surface area contributed by atoms with E-state index in [4.69, 9.17) is 0 Å². The molecule has 0 rings (SSSR count). The molecule has 0 aromatic carbocycles. The van der Waals surface area contributed by atoms with Crippen molar-refractivity contribution in [2.45, 2.75) is 270 Å².